The first kappa shape index (κ1) is 16.1. The minimum Gasteiger partial charge on any atom is -0.494 e. The molecule has 0 spiro atoms. The lowest BCUT2D eigenvalue weighted by Gasteiger charge is -2.13. The zero-order valence-electron chi connectivity index (χ0n) is 12.6. The molecule has 116 valence electrons. The highest BCUT2D eigenvalue weighted by Crippen LogP contribution is 2.23. The third-order valence-corrected chi connectivity index (χ3v) is 4.07. The van der Waals surface area contributed by atoms with Crippen LogP contribution in [0.2, 0.25) is 0 Å². The molecule has 0 aliphatic rings. The number of imidazole rings is 1. The smallest absolute Gasteiger partial charge is 0.166 e. The SMILES string of the molecule is CCNC(CO)CCSc1nc2ccc(OCC)cc2[nH]1. The molecular formula is C15H23N3O2S. The van der Waals surface area contributed by atoms with Gasteiger partial charge in [0.25, 0.3) is 0 Å². The largest absolute Gasteiger partial charge is 0.494 e. The van der Waals surface area contributed by atoms with Gasteiger partial charge in [0.05, 0.1) is 24.2 Å². The maximum absolute atomic E-state index is 9.24. The van der Waals surface area contributed by atoms with Crippen molar-refractivity contribution in [3.8, 4) is 5.75 Å². The molecule has 1 atom stereocenters. The molecule has 0 aliphatic carbocycles. The maximum atomic E-state index is 9.24. The van der Waals surface area contributed by atoms with Gasteiger partial charge in [-0.05, 0) is 32.0 Å². The van der Waals surface area contributed by atoms with Crippen molar-refractivity contribution in [2.75, 3.05) is 25.5 Å². The highest BCUT2D eigenvalue weighted by atomic mass is 32.2. The van der Waals surface area contributed by atoms with Crippen molar-refractivity contribution in [2.45, 2.75) is 31.5 Å². The molecule has 0 radical (unpaired) electrons. The Labute approximate surface area is 129 Å². The number of hydrogen-bond acceptors (Lipinski definition) is 5. The molecule has 6 heteroatoms. The van der Waals surface area contributed by atoms with Gasteiger partial charge in [0.2, 0.25) is 0 Å². The average molecular weight is 309 g/mol. The van der Waals surface area contributed by atoms with Crippen LogP contribution in [0.5, 0.6) is 5.75 Å². The molecule has 1 unspecified atom stereocenters. The summed E-state index contributed by atoms with van der Waals surface area (Å²) in [5.74, 6) is 1.77. The summed E-state index contributed by atoms with van der Waals surface area (Å²) in [5, 5.41) is 13.4. The van der Waals surface area contributed by atoms with Crippen LogP contribution in [0, 0.1) is 0 Å². The summed E-state index contributed by atoms with van der Waals surface area (Å²) in [4.78, 5) is 7.86. The van der Waals surface area contributed by atoms with E-state index in [1.807, 2.05) is 32.0 Å². The van der Waals surface area contributed by atoms with Gasteiger partial charge >= 0.3 is 0 Å². The fourth-order valence-corrected chi connectivity index (χ4v) is 3.08. The second kappa shape index (κ2) is 8.26. The van der Waals surface area contributed by atoms with Crippen molar-refractivity contribution < 1.29 is 9.84 Å². The molecule has 2 rings (SSSR count). The predicted octanol–water partition coefficient (Wildman–Crippen LogP) is 2.41. The second-order valence-corrected chi connectivity index (χ2v) is 5.81. The number of aliphatic hydroxyl groups excluding tert-OH is 1. The van der Waals surface area contributed by atoms with Gasteiger partial charge in [-0.15, -0.1) is 0 Å². The lowest BCUT2D eigenvalue weighted by atomic mass is 10.2. The lowest BCUT2D eigenvalue weighted by molar-refractivity contribution is 0.242. The Hall–Kier alpha value is -1.24. The van der Waals surface area contributed by atoms with E-state index >= 15 is 0 Å². The number of likely N-dealkylation sites (N-methyl/N-ethyl adjacent to an activating group) is 1. The van der Waals surface area contributed by atoms with Crippen LogP contribution < -0.4 is 10.1 Å². The number of benzene rings is 1. The first-order valence-electron chi connectivity index (χ1n) is 7.36. The molecule has 3 N–H and O–H groups in total. The van der Waals surface area contributed by atoms with Crippen LogP contribution in [0.25, 0.3) is 11.0 Å². The molecule has 21 heavy (non-hydrogen) atoms. The van der Waals surface area contributed by atoms with E-state index in [2.05, 4.69) is 15.3 Å². The van der Waals surface area contributed by atoms with Crippen LogP contribution in [0.3, 0.4) is 0 Å². The Morgan fingerprint density at radius 3 is 3.00 bits per heavy atom. The monoisotopic (exact) mass is 309 g/mol. The number of ether oxygens (including phenoxy) is 1. The first-order chi connectivity index (χ1) is 10.3. The number of hydrogen-bond donors (Lipinski definition) is 3. The number of aromatic amines is 1. The van der Waals surface area contributed by atoms with Gasteiger partial charge < -0.3 is 20.1 Å². The van der Waals surface area contributed by atoms with Crippen LogP contribution in [-0.2, 0) is 0 Å². The van der Waals surface area contributed by atoms with Gasteiger partial charge in [0.1, 0.15) is 5.75 Å². The van der Waals surface area contributed by atoms with Crippen molar-refractivity contribution in [1.82, 2.24) is 15.3 Å². The second-order valence-electron chi connectivity index (χ2n) is 4.73. The quantitative estimate of drug-likeness (QED) is 0.621. The normalized spacial score (nSPS) is 12.7. The van der Waals surface area contributed by atoms with E-state index in [4.69, 9.17) is 4.74 Å². The molecule has 1 aromatic carbocycles. The van der Waals surface area contributed by atoms with Gasteiger partial charge in [-0.3, -0.25) is 0 Å². The molecule has 2 aromatic rings. The fraction of sp³-hybridized carbons (Fsp3) is 0.533. The number of nitrogens with zero attached hydrogens (tertiary/aromatic N) is 1. The number of thioether (sulfide) groups is 1. The summed E-state index contributed by atoms with van der Waals surface area (Å²) < 4.78 is 5.49. The topological polar surface area (TPSA) is 70.2 Å². The maximum Gasteiger partial charge on any atom is 0.166 e. The molecular weight excluding hydrogens is 286 g/mol. The number of fused-ring (bicyclic) bond motifs is 1. The Kier molecular flexibility index (Phi) is 6.35. The van der Waals surface area contributed by atoms with Crippen LogP contribution in [0.4, 0.5) is 0 Å². The summed E-state index contributed by atoms with van der Waals surface area (Å²) in [6.07, 6.45) is 0.913. The van der Waals surface area contributed by atoms with Crippen LogP contribution in [-0.4, -0.2) is 46.6 Å². The summed E-state index contributed by atoms with van der Waals surface area (Å²) in [7, 11) is 0. The minimum atomic E-state index is 0.163. The summed E-state index contributed by atoms with van der Waals surface area (Å²) in [6, 6.07) is 6.05. The third kappa shape index (κ3) is 4.62. The highest BCUT2D eigenvalue weighted by molar-refractivity contribution is 7.99. The fourth-order valence-electron chi connectivity index (χ4n) is 2.13. The number of aliphatic hydroxyl groups is 1. The van der Waals surface area contributed by atoms with E-state index in [0.717, 1.165) is 40.7 Å². The Morgan fingerprint density at radius 2 is 2.29 bits per heavy atom. The molecule has 0 saturated heterocycles. The third-order valence-electron chi connectivity index (χ3n) is 3.16. The Balaban J connectivity index is 1.93. The van der Waals surface area contributed by atoms with E-state index < -0.39 is 0 Å². The zero-order valence-corrected chi connectivity index (χ0v) is 13.4. The van der Waals surface area contributed by atoms with Crippen LogP contribution in [0.15, 0.2) is 23.4 Å². The molecule has 0 amide bonds. The van der Waals surface area contributed by atoms with E-state index in [-0.39, 0.29) is 12.6 Å². The standard InChI is InChI=1S/C15H23N3O2S/c1-3-16-11(10-19)7-8-21-15-17-13-6-5-12(20-4-2)9-14(13)18-15/h5-6,9,11,16,19H,3-4,7-8,10H2,1-2H3,(H,17,18). The first-order valence-corrected chi connectivity index (χ1v) is 8.35. The summed E-state index contributed by atoms with van der Waals surface area (Å²) in [5.41, 5.74) is 1.94. The van der Waals surface area contributed by atoms with E-state index in [9.17, 15) is 5.11 Å². The van der Waals surface area contributed by atoms with Gasteiger partial charge in [0, 0.05) is 17.9 Å². The number of aromatic nitrogens is 2. The zero-order chi connectivity index (χ0) is 15.1. The van der Waals surface area contributed by atoms with Gasteiger partial charge in [-0.1, -0.05) is 18.7 Å². The van der Waals surface area contributed by atoms with Crippen molar-refractivity contribution in [1.29, 1.82) is 0 Å². The van der Waals surface area contributed by atoms with Gasteiger partial charge in [-0.25, -0.2) is 4.98 Å². The van der Waals surface area contributed by atoms with Crippen molar-refractivity contribution in [3.63, 3.8) is 0 Å². The van der Waals surface area contributed by atoms with Crippen LogP contribution in [0.1, 0.15) is 20.3 Å². The van der Waals surface area contributed by atoms with Crippen molar-refractivity contribution in [3.05, 3.63) is 18.2 Å². The van der Waals surface area contributed by atoms with E-state index in [0.29, 0.717) is 6.61 Å². The molecule has 0 aliphatic heterocycles. The van der Waals surface area contributed by atoms with Gasteiger partial charge in [0.15, 0.2) is 5.16 Å². The van der Waals surface area contributed by atoms with Crippen molar-refractivity contribution >= 4 is 22.8 Å². The highest BCUT2D eigenvalue weighted by Gasteiger charge is 2.08. The molecule has 0 saturated carbocycles. The van der Waals surface area contributed by atoms with Gasteiger partial charge in [-0.2, -0.15) is 0 Å². The number of nitrogens with one attached hydrogen (secondary N) is 2. The summed E-state index contributed by atoms with van der Waals surface area (Å²) in [6.45, 7) is 5.73. The summed E-state index contributed by atoms with van der Waals surface area (Å²) >= 11 is 1.68. The average Bonchev–Trinajstić information content (AvgIpc) is 2.88. The molecule has 0 fully saturated rings. The van der Waals surface area contributed by atoms with E-state index in [1.54, 1.807) is 11.8 Å². The molecule has 0 bridgehead atoms. The Morgan fingerprint density at radius 1 is 1.43 bits per heavy atom. The van der Waals surface area contributed by atoms with Crippen LogP contribution >= 0.6 is 11.8 Å². The number of H-pyrrole nitrogens is 1. The predicted molar refractivity (Wildman–Crippen MR) is 87.2 cm³/mol. The van der Waals surface area contributed by atoms with Crippen molar-refractivity contribution in [2.24, 2.45) is 0 Å². The van der Waals surface area contributed by atoms with E-state index in [1.165, 1.54) is 0 Å². The Bertz CT molecular complexity index is 559. The molecule has 1 heterocycles. The number of rotatable bonds is 9. The molecule has 1 aromatic heterocycles. The lowest BCUT2D eigenvalue weighted by Crippen LogP contribution is -2.32. The molecule has 5 nitrogen and oxygen atoms in total. The minimum absolute atomic E-state index is 0.163.